The summed E-state index contributed by atoms with van der Waals surface area (Å²) in [6.45, 7) is 22.6. The molecule has 2 saturated carbocycles. The third-order valence-electron chi connectivity index (χ3n) is 12.2. The first-order chi connectivity index (χ1) is 17.3. The van der Waals surface area contributed by atoms with E-state index >= 15 is 0 Å². The molecule has 2 fully saturated rings. The van der Waals surface area contributed by atoms with Gasteiger partial charge >= 0.3 is 5.97 Å². The maximum atomic E-state index is 13.0. The summed E-state index contributed by atoms with van der Waals surface area (Å²) in [6.07, 6.45) is -0.791. The van der Waals surface area contributed by atoms with Crippen LogP contribution in [-0.4, -0.2) is 64.1 Å². The molecule has 0 spiro atoms. The number of carbonyl (C=O) groups excluding carboxylic acids is 1. The first kappa shape index (κ1) is 31.3. The van der Waals surface area contributed by atoms with Gasteiger partial charge < -0.3 is 30.2 Å². The van der Waals surface area contributed by atoms with E-state index in [0.29, 0.717) is 0 Å². The van der Waals surface area contributed by atoms with Crippen molar-refractivity contribution in [3.63, 3.8) is 0 Å². The van der Waals surface area contributed by atoms with Crippen molar-refractivity contribution >= 4 is 12.2 Å². The molecule has 38 heavy (non-hydrogen) atoms. The zero-order chi connectivity index (χ0) is 29.3. The molecule has 0 heterocycles. The molecule has 0 saturated heterocycles. The summed E-state index contributed by atoms with van der Waals surface area (Å²) >= 11 is 0. The summed E-state index contributed by atoms with van der Waals surface area (Å²) in [5, 5.41) is 43.2. The first-order valence-corrected chi connectivity index (χ1v) is 14.4. The van der Waals surface area contributed by atoms with Gasteiger partial charge in [0.15, 0.2) is 6.10 Å². The second kappa shape index (κ2) is 9.97. The Bertz CT molecular complexity index is 973. The molecule has 4 N–H and O–H groups in total. The molecule has 0 radical (unpaired) electrons. The second-order valence-electron chi connectivity index (χ2n) is 14.0. The maximum Gasteiger partial charge on any atom is 0.336 e. The minimum Gasteiger partial charge on any atom is -0.456 e. The molecule has 7 nitrogen and oxygen atoms in total. The van der Waals surface area contributed by atoms with E-state index < -0.39 is 46.6 Å². The van der Waals surface area contributed by atoms with Crippen LogP contribution in [0.25, 0.3) is 0 Å². The number of hydrogen-bond acceptors (Lipinski definition) is 7. The molecule has 10 unspecified atom stereocenters. The van der Waals surface area contributed by atoms with Crippen LogP contribution in [0.1, 0.15) is 82.6 Å². The van der Waals surface area contributed by atoms with E-state index in [2.05, 4.69) is 41.5 Å². The number of rotatable bonds is 5. The van der Waals surface area contributed by atoms with Gasteiger partial charge in [0.2, 0.25) is 0 Å². The van der Waals surface area contributed by atoms with Gasteiger partial charge in [0.25, 0.3) is 0 Å². The molecule has 0 aliphatic heterocycles. The van der Waals surface area contributed by atoms with E-state index in [1.54, 1.807) is 14.0 Å². The Hall–Kier alpha value is -1.28. The molecule has 0 aromatic heterocycles. The van der Waals surface area contributed by atoms with Crippen molar-refractivity contribution in [1.82, 2.24) is 0 Å². The molecule has 2 bridgehead atoms. The van der Waals surface area contributed by atoms with Crippen molar-refractivity contribution < 1.29 is 29.6 Å². The molecule has 3 aliphatic rings. The van der Waals surface area contributed by atoms with Crippen LogP contribution >= 0.6 is 0 Å². The number of aliphatic hydroxyl groups is 3. The topological polar surface area (TPSA) is 120 Å². The smallest absolute Gasteiger partial charge is 0.336 e. The van der Waals surface area contributed by atoms with E-state index in [9.17, 15) is 20.1 Å². The van der Waals surface area contributed by atoms with Gasteiger partial charge in [-0.3, -0.25) is 0 Å². The quantitative estimate of drug-likeness (QED) is 0.232. The summed E-state index contributed by atoms with van der Waals surface area (Å²) in [5.41, 5.74) is -1.49. The Morgan fingerprint density at radius 1 is 1.05 bits per heavy atom. The number of esters is 1. The van der Waals surface area contributed by atoms with E-state index in [1.165, 1.54) is 0 Å². The number of fused-ring (bicyclic) bond motifs is 3. The molecular weight excluding hydrogens is 482 g/mol. The number of hydrogen-bond donors (Lipinski definition) is 4. The van der Waals surface area contributed by atoms with Crippen LogP contribution in [0.4, 0.5) is 0 Å². The third-order valence-corrected chi connectivity index (χ3v) is 12.2. The Balaban J connectivity index is 2.30. The van der Waals surface area contributed by atoms with Gasteiger partial charge in [-0.25, -0.2) is 4.79 Å². The predicted molar refractivity (Wildman–Crippen MR) is 149 cm³/mol. The number of carbonyl (C=O) groups is 1. The Morgan fingerprint density at radius 2 is 1.61 bits per heavy atom. The normalized spacial score (nSPS) is 48.3. The molecule has 0 aromatic carbocycles. The van der Waals surface area contributed by atoms with Crippen LogP contribution < -0.4 is 0 Å². The summed E-state index contributed by atoms with van der Waals surface area (Å²) in [4.78, 5) is 13.0. The van der Waals surface area contributed by atoms with E-state index in [4.69, 9.17) is 14.9 Å². The van der Waals surface area contributed by atoms with E-state index in [1.807, 2.05) is 27.7 Å². The fraction of sp³-hybridized carbons (Fsp3) is 0.871. The molecular formula is C31H53NO6. The van der Waals surface area contributed by atoms with Crippen molar-refractivity contribution in [3.8, 4) is 0 Å². The fourth-order valence-electron chi connectivity index (χ4n) is 9.74. The molecule has 3 aliphatic carbocycles. The highest BCUT2D eigenvalue weighted by Gasteiger charge is 2.70. The number of nitrogens with one attached hydrogen (secondary N) is 1. The van der Waals surface area contributed by atoms with Crippen LogP contribution in [0.15, 0.2) is 11.1 Å². The molecule has 0 amide bonds. The molecule has 3 rings (SSSR count). The van der Waals surface area contributed by atoms with Gasteiger partial charge in [0.05, 0.1) is 17.3 Å². The lowest BCUT2D eigenvalue weighted by atomic mass is 9.38. The van der Waals surface area contributed by atoms with Crippen LogP contribution in [0.3, 0.4) is 0 Å². The summed E-state index contributed by atoms with van der Waals surface area (Å²) in [6, 6.07) is 0. The van der Waals surface area contributed by atoms with Crippen LogP contribution in [0, 0.1) is 57.7 Å². The zero-order valence-electron chi connectivity index (χ0n) is 25.6. The average Bonchev–Trinajstić information content (AvgIpc) is 2.84. The lowest BCUT2D eigenvalue weighted by Crippen LogP contribution is -2.73. The highest BCUT2D eigenvalue weighted by Crippen LogP contribution is 2.68. The van der Waals surface area contributed by atoms with Gasteiger partial charge in [-0.2, -0.15) is 0 Å². The number of aliphatic hydroxyl groups excluding tert-OH is 1. The molecule has 0 aromatic rings. The number of ether oxygens (including phenoxy) is 2. The van der Waals surface area contributed by atoms with Crippen LogP contribution in [-0.2, 0) is 14.3 Å². The maximum absolute atomic E-state index is 13.0. The summed E-state index contributed by atoms with van der Waals surface area (Å²) in [5.74, 6) is -2.23. The van der Waals surface area contributed by atoms with Crippen molar-refractivity contribution in [2.75, 3.05) is 7.11 Å². The minimum atomic E-state index is -1.45. The van der Waals surface area contributed by atoms with E-state index in [-0.39, 0.29) is 41.1 Å². The highest BCUT2D eigenvalue weighted by molar-refractivity contribution is 5.79. The summed E-state index contributed by atoms with van der Waals surface area (Å²) in [7, 11) is 1.65. The largest absolute Gasteiger partial charge is 0.456 e. The standard InChI is InChI=1S/C31H53NO6/c1-15(14-32)24(33)27(34)38-25-18(4)23-17(3)19(5)29(10)16(2)13-22(37-12)30(11,35)26(29)21(7)31(36,20(25)6)28(23,8)9/h14-17,19-22,24-26,32-33,35-36H,13H2,1-12H3/t15?,16?,17?,19?,20-,21?,22?,24?,25?,26?,29-,30-,31?/m0/s1. The van der Waals surface area contributed by atoms with Crippen molar-refractivity contribution in [2.45, 2.75) is 112 Å². The van der Waals surface area contributed by atoms with E-state index in [0.717, 1.165) is 23.8 Å². The lowest BCUT2D eigenvalue weighted by molar-refractivity contribution is -0.277. The second-order valence-corrected chi connectivity index (χ2v) is 14.0. The van der Waals surface area contributed by atoms with Crippen molar-refractivity contribution in [1.29, 1.82) is 5.41 Å². The van der Waals surface area contributed by atoms with Gasteiger partial charge in [0, 0.05) is 36.5 Å². The fourth-order valence-corrected chi connectivity index (χ4v) is 9.74. The molecule has 13 atom stereocenters. The number of methoxy groups -OCH3 is 1. The molecule has 7 heteroatoms. The zero-order valence-corrected chi connectivity index (χ0v) is 25.6. The van der Waals surface area contributed by atoms with Gasteiger partial charge in [-0.05, 0) is 54.9 Å². The van der Waals surface area contributed by atoms with Gasteiger partial charge in [0.1, 0.15) is 6.10 Å². The Morgan fingerprint density at radius 3 is 2.11 bits per heavy atom. The third kappa shape index (κ3) is 3.97. The van der Waals surface area contributed by atoms with Crippen LogP contribution in [0.2, 0.25) is 0 Å². The lowest BCUT2D eigenvalue weighted by Gasteiger charge is -2.69. The average molecular weight is 536 g/mol. The highest BCUT2D eigenvalue weighted by atomic mass is 16.6. The van der Waals surface area contributed by atoms with Gasteiger partial charge in [-0.15, -0.1) is 0 Å². The monoisotopic (exact) mass is 535 g/mol. The SMILES string of the molecule is COC1CC(C)[C@@]2(C)C(C)C(C)C3=C(C)C(OC(=O)C(O)C(C)C=N)[C@H](C)C(O)(C(C)C2[C@@]1(C)O)C3(C)C. The minimum absolute atomic E-state index is 0.0352. The van der Waals surface area contributed by atoms with Crippen molar-refractivity contribution in [2.24, 2.45) is 52.3 Å². The first-order valence-electron chi connectivity index (χ1n) is 14.4. The Kier molecular flexibility index (Phi) is 8.20. The summed E-state index contributed by atoms with van der Waals surface area (Å²) < 4.78 is 11.9. The van der Waals surface area contributed by atoms with Crippen LogP contribution in [0.5, 0.6) is 0 Å². The molecule has 218 valence electrons. The van der Waals surface area contributed by atoms with Crippen molar-refractivity contribution in [3.05, 3.63) is 11.1 Å². The van der Waals surface area contributed by atoms with Gasteiger partial charge in [-0.1, -0.05) is 67.9 Å². The predicted octanol–water partition coefficient (Wildman–Crippen LogP) is 4.62. The Labute approximate surface area is 229 Å².